The van der Waals surface area contributed by atoms with Gasteiger partial charge in [-0.05, 0) is 6.42 Å². The second-order valence-corrected chi connectivity index (χ2v) is 5.61. The van der Waals surface area contributed by atoms with Gasteiger partial charge in [0.05, 0.1) is 11.3 Å². The van der Waals surface area contributed by atoms with Crippen molar-refractivity contribution in [3.8, 4) is 0 Å². The summed E-state index contributed by atoms with van der Waals surface area (Å²) in [5.74, 6) is 0.293. The molecular weight excluding hydrogens is 332 g/mol. The maximum atomic E-state index is 11.4. The fourth-order valence-corrected chi connectivity index (χ4v) is 2.57. The normalized spacial score (nSPS) is 10.5. The van der Waals surface area contributed by atoms with Gasteiger partial charge in [0.15, 0.2) is 5.13 Å². The summed E-state index contributed by atoms with van der Waals surface area (Å²) >= 11 is 1.33. The van der Waals surface area contributed by atoms with Crippen molar-refractivity contribution >= 4 is 33.8 Å². The number of aryl methyl sites for hydroxylation is 1. The molecule has 3 heterocycles. The number of imidazole rings is 1. The maximum absolute atomic E-state index is 11.4. The summed E-state index contributed by atoms with van der Waals surface area (Å²) in [4.78, 5) is 26.8. The quantitative estimate of drug-likeness (QED) is 0.362. The second kappa shape index (κ2) is 7.46. The SMILES string of the molecule is O=[N+]([O-])c1c(NCCCn2ccnc2)ncnc1Nc1nccs1. The van der Waals surface area contributed by atoms with E-state index in [1.165, 1.54) is 17.7 Å². The number of rotatable bonds is 8. The molecule has 124 valence electrons. The van der Waals surface area contributed by atoms with Crippen LogP contribution in [0.3, 0.4) is 0 Å². The Morgan fingerprint density at radius 1 is 1.25 bits per heavy atom. The molecule has 0 spiro atoms. The molecule has 0 bridgehead atoms. The van der Waals surface area contributed by atoms with Gasteiger partial charge in [0, 0.05) is 37.1 Å². The van der Waals surface area contributed by atoms with E-state index in [0.29, 0.717) is 11.7 Å². The zero-order valence-electron chi connectivity index (χ0n) is 12.5. The molecule has 0 unspecified atom stereocenters. The van der Waals surface area contributed by atoms with Crippen LogP contribution in [-0.2, 0) is 6.54 Å². The van der Waals surface area contributed by atoms with E-state index in [4.69, 9.17) is 0 Å². The first-order valence-corrected chi connectivity index (χ1v) is 7.97. The van der Waals surface area contributed by atoms with Crippen LogP contribution in [0.5, 0.6) is 0 Å². The maximum Gasteiger partial charge on any atom is 0.353 e. The number of nitrogens with one attached hydrogen (secondary N) is 2. The minimum Gasteiger partial charge on any atom is -0.364 e. The van der Waals surface area contributed by atoms with Crippen molar-refractivity contribution in [2.24, 2.45) is 0 Å². The van der Waals surface area contributed by atoms with E-state index >= 15 is 0 Å². The smallest absolute Gasteiger partial charge is 0.353 e. The van der Waals surface area contributed by atoms with Gasteiger partial charge in [0.1, 0.15) is 6.33 Å². The van der Waals surface area contributed by atoms with Gasteiger partial charge in [0.2, 0.25) is 11.6 Å². The number of nitrogens with zero attached hydrogens (tertiary/aromatic N) is 6. The third kappa shape index (κ3) is 3.81. The highest BCUT2D eigenvalue weighted by atomic mass is 32.1. The molecule has 0 fully saturated rings. The Balaban J connectivity index is 1.68. The molecule has 0 aliphatic heterocycles. The lowest BCUT2D eigenvalue weighted by atomic mass is 10.3. The zero-order chi connectivity index (χ0) is 16.8. The Hall–Kier alpha value is -3.08. The van der Waals surface area contributed by atoms with Crippen molar-refractivity contribution in [3.63, 3.8) is 0 Å². The number of anilines is 3. The summed E-state index contributed by atoms with van der Waals surface area (Å²) in [6.07, 6.45) is 8.95. The third-order valence-electron chi connectivity index (χ3n) is 3.11. The van der Waals surface area contributed by atoms with Crippen LogP contribution in [0.25, 0.3) is 0 Å². The molecule has 3 aromatic rings. The lowest BCUT2D eigenvalue weighted by Gasteiger charge is -2.09. The zero-order valence-corrected chi connectivity index (χ0v) is 13.3. The fraction of sp³-hybridized carbons (Fsp3) is 0.231. The van der Waals surface area contributed by atoms with Crippen LogP contribution in [0.1, 0.15) is 6.42 Å². The molecule has 0 saturated carbocycles. The molecule has 3 rings (SSSR count). The highest BCUT2D eigenvalue weighted by molar-refractivity contribution is 7.13. The third-order valence-corrected chi connectivity index (χ3v) is 3.80. The molecule has 0 radical (unpaired) electrons. The molecule has 11 heteroatoms. The van der Waals surface area contributed by atoms with Gasteiger partial charge in [-0.15, -0.1) is 11.3 Å². The van der Waals surface area contributed by atoms with Crippen molar-refractivity contribution in [1.82, 2.24) is 24.5 Å². The molecule has 3 aromatic heterocycles. The Bertz CT molecular complexity index is 790. The number of aromatic nitrogens is 5. The van der Waals surface area contributed by atoms with Gasteiger partial charge >= 0.3 is 5.69 Å². The molecular formula is C13H14N8O2S. The molecule has 0 aromatic carbocycles. The monoisotopic (exact) mass is 346 g/mol. The highest BCUT2D eigenvalue weighted by Crippen LogP contribution is 2.31. The summed E-state index contributed by atoms with van der Waals surface area (Å²) in [6, 6.07) is 0. The predicted octanol–water partition coefficient (Wildman–Crippen LogP) is 2.28. The van der Waals surface area contributed by atoms with E-state index in [0.717, 1.165) is 13.0 Å². The topological polar surface area (TPSA) is 124 Å². The summed E-state index contributed by atoms with van der Waals surface area (Å²) < 4.78 is 1.94. The average Bonchev–Trinajstić information content (AvgIpc) is 3.25. The van der Waals surface area contributed by atoms with E-state index < -0.39 is 4.92 Å². The van der Waals surface area contributed by atoms with Crippen LogP contribution in [0, 0.1) is 10.1 Å². The molecule has 2 N–H and O–H groups in total. The molecule has 0 aliphatic rings. The van der Waals surface area contributed by atoms with Crippen LogP contribution in [-0.4, -0.2) is 36.0 Å². The standard InChI is InChI=1S/C13H14N8O2S/c22-21(23)10-11(15-2-1-5-20-6-3-14-9-20)17-8-18-12(10)19-13-16-4-7-24-13/h3-4,6-9H,1-2,5H2,(H2,15,16,17,18,19). The van der Waals surface area contributed by atoms with Crippen molar-refractivity contribution in [1.29, 1.82) is 0 Å². The van der Waals surface area contributed by atoms with E-state index in [1.807, 2.05) is 10.8 Å². The largest absolute Gasteiger partial charge is 0.364 e. The van der Waals surface area contributed by atoms with E-state index in [1.54, 1.807) is 24.1 Å². The van der Waals surface area contributed by atoms with E-state index in [2.05, 4.69) is 30.6 Å². The first-order valence-electron chi connectivity index (χ1n) is 7.09. The van der Waals surface area contributed by atoms with Crippen LogP contribution in [0.4, 0.5) is 22.5 Å². The lowest BCUT2D eigenvalue weighted by molar-refractivity contribution is -0.383. The van der Waals surface area contributed by atoms with Gasteiger partial charge in [0.25, 0.3) is 0 Å². The van der Waals surface area contributed by atoms with E-state index in [9.17, 15) is 10.1 Å². The Kier molecular flexibility index (Phi) is 4.91. The van der Waals surface area contributed by atoms with Gasteiger partial charge in [-0.1, -0.05) is 0 Å². The lowest BCUT2D eigenvalue weighted by Crippen LogP contribution is -2.10. The Morgan fingerprint density at radius 2 is 2.12 bits per heavy atom. The van der Waals surface area contributed by atoms with Gasteiger partial charge < -0.3 is 15.2 Å². The van der Waals surface area contributed by atoms with Crippen molar-refractivity contribution in [2.75, 3.05) is 17.2 Å². The van der Waals surface area contributed by atoms with E-state index in [-0.39, 0.29) is 17.3 Å². The number of nitro groups is 1. The summed E-state index contributed by atoms with van der Waals surface area (Å²) in [6.45, 7) is 1.29. The predicted molar refractivity (Wildman–Crippen MR) is 89.4 cm³/mol. The van der Waals surface area contributed by atoms with Crippen LogP contribution in [0.2, 0.25) is 0 Å². The summed E-state index contributed by atoms with van der Waals surface area (Å²) in [5, 5.41) is 19.5. The van der Waals surface area contributed by atoms with Crippen molar-refractivity contribution in [2.45, 2.75) is 13.0 Å². The van der Waals surface area contributed by atoms with Gasteiger partial charge in [-0.3, -0.25) is 10.1 Å². The molecule has 0 atom stereocenters. The highest BCUT2D eigenvalue weighted by Gasteiger charge is 2.23. The summed E-state index contributed by atoms with van der Waals surface area (Å²) in [5.41, 5.74) is -0.199. The Morgan fingerprint density at radius 3 is 2.83 bits per heavy atom. The molecule has 10 nitrogen and oxygen atoms in total. The number of hydrogen-bond donors (Lipinski definition) is 2. The average molecular weight is 346 g/mol. The van der Waals surface area contributed by atoms with Gasteiger partial charge in [-0.25, -0.2) is 19.9 Å². The van der Waals surface area contributed by atoms with Crippen LogP contribution in [0.15, 0.2) is 36.6 Å². The molecule has 24 heavy (non-hydrogen) atoms. The van der Waals surface area contributed by atoms with Crippen molar-refractivity contribution < 1.29 is 4.92 Å². The molecule has 0 amide bonds. The first kappa shape index (κ1) is 15.8. The summed E-state index contributed by atoms with van der Waals surface area (Å²) in [7, 11) is 0. The minimum absolute atomic E-state index is 0.113. The first-order chi connectivity index (χ1) is 11.7. The minimum atomic E-state index is -0.506. The second-order valence-electron chi connectivity index (χ2n) is 4.72. The Labute approximate surface area is 140 Å². The number of hydrogen-bond acceptors (Lipinski definition) is 9. The van der Waals surface area contributed by atoms with Crippen LogP contribution >= 0.6 is 11.3 Å². The number of thiazole rings is 1. The van der Waals surface area contributed by atoms with Gasteiger partial charge in [-0.2, -0.15) is 0 Å². The molecule has 0 saturated heterocycles. The molecule has 0 aliphatic carbocycles. The van der Waals surface area contributed by atoms with Crippen LogP contribution < -0.4 is 10.6 Å². The van der Waals surface area contributed by atoms with Crippen molar-refractivity contribution in [3.05, 3.63) is 46.7 Å². The fourth-order valence-electron chi connectivity index (χ4n) is 2.05.